The molecule has 0 spiro atoms. The molecule has 80 valence electrons. The van der Waals surface area contributed by atoms with Gasteiger partial charge in [-0.05, 0) is 40.9 Å². The molecule has 0 atom stereocenters. The van der Waals surface area contributed by atoms with E-state index in [9.17, 15) is 4.79 Å². The Morgan fingerprint density at radius 2 is 2.33 bits per heavy atom. The predicted octanol–water partition coefficient (Wildman–Crippen LogP) is 1.10. The van der Waals surface area contributed by atoms with Gasteiger partial charge in [0.2, 0.25) is 0 Å². The Balaban J connectivity index is 2.08. The zero-order valence-corrected chi connectivity index (χ0v) is 9.62. The minimum absolute atomic E-state index is 0.00720. The van der Waals surface area contributed by atoms with E-state index in [4.69, 9.17) is 5.11 Å². The summed E-state index contributed by atoms with van der Waals surface area (Å²) in [5.74, 6) is -0.233. The van der Waals surface area contributed by atoms with Crippen LogP contribution >= 0.6 is 15.9 Å². The third-order valence-electron chi connectivity index (χ3n) is 2.48. The molecule has 1 aliphatic rings. The van der Waals surface area contributed by atoms with E-state index in [-0.39, 0.29) is 18.1 Å². The molecule has 0 unspecified atom stereocenters. The monoisotopic (exact) mass is 270 g/mol. The number of carbonyl (C=O) groups excluding carboxylic acids is 1. The number of nitrogens with zero attached hydrogens (tertiary/aromatic N) is 1. The molecule has 1 heterocycles. The van der Waals surface area contributed by atoms with Crippen molar-refractivity contribution in [1.82, 2.24) is 10.3 Å². The first-order valence-corrected chi connectivity index (χ1v) is 5.50. The Hall–Kier alpha value is -0.940. The van der Waals surface area contributed by atoms with Gasteiger partial charge in [0.25, 0.3) is 5.91 Å². The summed E-state index contributed by atoms with van der Waals surface area (Å²) in [6.07, 6.45) is 1.67. The third kappa shape index (κ3) is 2.35. The quantitative estimate of drug-likeness (QED) is 0.809. The van der Waals surface area contributed by atoms with Crippen LogP contribution in [0.3, 0.4) is 0 Å². The first-order chi connectivity index (χ1) is 7.15. The minimum Gasteiger partial charge on any atom is -0.394 e. The zero-order valence-electron chi connectivity index (χ0n) is 8.03. The number of hydrogen-bond donors (Lipinski definition) is 2. The molecular formula is C10H11BrN2O2. The highest BCUT2D eigenvalue weighted by Crippen LogP contribution is 2.34. The van der Waals surface area contributed by atoms with Crippen LogP contribution in [0.15, 0.2) is 22.8 Å². The number of nitrogens with one attached hydrogen (secondary N) is 1. The fourth-order valence-electron chi connectivity index (χ4n) is 1.31. The van der Waals surface area contributed by atoms with Crippen LogP contribution in [0.1, 0.15) is 23.3 Å². The lowest BCUT2D eigenvalue weighted by atomic mass is 10.2. The van der Waals surface area contributed by atoms with Crippen LogP contribution in [0, 0.1) is 0 Å². The Bertz CT molecular complexity index is 391. The predicted molar refractivity (Wildman–Crippen MR) is 58.5 cm³/mol. The molecular weight excluding hydrogens is 260 g/mol. The molecule has 1 aromatic rings. The van der Waals surface area contributed by atoms with Gasteiger partial charge in [-0.3, -0.25) is 4.79 Å². The van der Waals surface area contributed by atoms with Crippen LogP contribution in [0.2, 0.25) is 0 Å². The van der Waals surface area contributed by atoms with E-state index >= 15 is 0 Å². The Kier molecular flexibility index (Phi) is 2.75. The van der Waals surface area contributed by atoms with Gasteiger partial charge in [0.05, 0.1) is 12.1 Å². The molecule has 0 aromatic carbocycles. The molecule has 1 aromatic heterocycles. The van der Waals surface area contributed by atoms with Crippen molar-refractivity contribution in [1.29, 1.82) is 0 Å². The zero-order chi connectivity index (χ0) is 10.9. The SMILES string of the molecule is O=C(NC1(CO)CC1)c1cccc(Br)n1. The van der Waals surface area contributed by atoms with E-state index in [1.165, 1.54) is 0 Å². The lowest BCUT2D eigenvalue weighted by Crippen LogP contribution is -2.39. The van der Waals surface area contributed by atoms with Crippen molar-refractivity contribution in [3.63, 3.8) is 0 Å². The minimum atomic E-state index is -0.388. The Morgan fingerprint density at radius 1 is 1.60 bits per heavy atom. The van der Waals surface area contributed by atoms with Gasteiger partial charge in [0.1, 0.15) is 10.3 Å². The number of aromatic nitrogens is 1. The van der Waals surface area contributed by atoms with Gasteiger partial charge in [-0.1, -0.05) is 6.07 Å². The summed E-state index contributed by atoms with van der Waals surface area (Å²) in [6.45, 7) is -0.00720. The number of rotatable bonds is 3. The Labute approximate surface area is 95.8 Å². The van der Waals surface area contributed by atoms with Crippen molar-refractivity contribution in [2.75, 3.05) is 6.61 Å². The molecule has 1 amide bonds. The standard InChI is InChI=1S/C10H11BrN2O2/c11-8-3-1-2-7(12-8)9(15)13-10(6-14)4-5-10/h1-3,14H,4-6H2,(H,13,15). The lowest BCUT2D eigenvalue weighted by Gasteiger charge is -2.13. The second-order valence-corrected chi connectivity index (χ2v) is 4.55. The van der Waals surface area contributed by atoms with Crippen LogP contribution in [0.5, 0.6) is 0 Å². The number of carbonyl (C=O) groups is 1. The van der Waals surface area contributed by atoms with Crippen molar-refractivity contribution in [2.45, 2.75) is 18.4 Å². The third-order valence-corrected chi connectivity index (χ3v) is 2.92. The van der Waals surface area contributed by atoms with Gasteiger partial charge in [-0.15, -0.1) is 0 Å². The Morgan fingerprint density at radius 3 is 2.87 bits per heavy atom. The highest BCUT2D eigenvalue weighted by molar-refractivity contribution is 9.10. The summed E-state index contributed by atoms with van der Waals surface area (Å²) in [4.78, 5) is 15.7. The maximum atomic E-state index is 11.7. The van der Waals surface area contributed by atoms with Gasteiger partial charge >= 0.3 is 0 Å². The fourth-order valence-corrected chi connectivity index (χ4v) is 1.66. The van der Waals surface area contributed by atoms with Gasteiger partial charge in [0.15, 0.2) is 0 Å². The average molecular weight is 271 g/mol. The molecule has 0 saturated heterocycles. The van der Waals surface area contributed by atoms with E-state index in [1.807, 2.05) is 0 Å². The summed E-state index contributed by atoms with van der Waals surface area (Å²) in [5, 5.41) is 11.9. The highest BCUT2D eigenvalue weighted by Gasteiger charge is 2.43. The van der Waals surface area contributed by atoms with E-state index in [0.717, 1.165) is 12.8 Å². The van der Waals surface area contributed by atoms with Crippen LogP contribution in [0.25, 0.3) is 0 Å². The highest BCUT2D eigenvalue weighted by atomic mass is 79.9. The molecule has 1 fully saturated rings. The van der Waals surface area contributed by atoms with Crippen molar-refractivity contribution in [3.8, 4) is 0 Å². The molecule has 4 nitrogen and oxygen atoms in total. The maximum absolute atomic E-state index is 11.7. The topological polar surface area (TPSA) is 62.2 Å². The summed E-state index contributed by atoms with van der Waals surface area (Å²) < 4.78 is 0.629. The summed E-state index contributed by atoms with van der Waals surface area (Å²) in [7, 11) is 0. The van der Waals surface area contributed by atoms with Crippen LogP contribution in [0.4, 0.5) is 0 Å². The molecule has 0 radical (unpaired) electrons. The van der Waals surface area contributed by atoms with Crippen LogP contribution in [-0.4, -0.2) is 28.1 Å². The van der Waals surface area contributed by atoms with Crippen molar-refractivity contribution in [2.24, 2.45) is 0 Å². The van der Waals surface area contributed by atoms with Gasteiger partial charge in [-0.25, -0.2) is 4.98 Å². The molecule has 0 aliphatic heterocycles. The van der Waals surface area contributed by atoms with Crippen molar-refractivity contribution < 1.29 is 9.90 Å². The normalized spacial score (nSPS) is 17.2. The molecule has 2 rings (SSSR count). The molecule has 1 saturated carbocycles. The fraction of sp³-hybridized carbons (Fsp3) is 0.400. The molecule has 1 aliphatic carbocycles. The number of amides is 1. The summed E-state index contributed by atoms with van der Waals surface area (Å²) >= 11 is 3.20. The number of aliphatic hydroxyl groups is 1. The molecule has 5 heteroatoms. The second-order valence-electron chi connectivity index (χ2n) is 3.74. The van der Waals surface area contributed by atoms with Gasteiger partial charge < -0.3 is 10.4 Å². The average Bonchev–Trinajstić information content (AvgIpc) is 2.98. The molecule has 0 bridgehead atoms. The summed E-state index contributed by atoms with van der Waals surface area (Å²) in [6, 6.07) is 5.16. The summed E-state index contributed by atoms with van der Waals surface area (Å²) in [5.41, 5.74) is -0.0229. The van der Waals surface area contributed by atoms with E-state index in [0.29, 0.717) is 10.3 Å². The first kappa shape index (κ1) is 10.6. The lowest BCUT2D eigenvalue weighted by molar-refractivity contribution is 0.0901. The number of pyridine rings is 1. The van der Waals surface area contributed by atoms with Crippen LogP contribution < -0.4 is 5.32 Å². The molecule has 2 N–H and O–H groups in total. The smallest absolute Gasteiger partial charge is 0.270 e. The van der Waals surface area contributed by atoms with Crippen molar-refractivity contribution in [3.05, 3.63) is 28.5 Å². The largest absolute Gasteiger partial charge is 0.394 e. The maximum Gasteiger partial charge on any atom is 0.270 e. The van der Waals surface area contributed by atoms with E-state index < -0.39 is 0 Å². The van der Waals surface area contributed by atoms with E-state index in [2.05, 4.69) is 26.2 Å². The van der Waals surface area contributed by atoms with Crippen molar-refractivity contribution >= 4 is 21.8 Å². The van der Waals surface area contributed by atoms with E-state index in [1.54, 1.807) is 18.2 Å². The molecule has 15 heavy (non-hydrogen) atoms. The number of hydrogen-bond acceptors (Lipinski definition) is 3. The first-order valence-electron chi connectivity index (χ1n) is 4.71. The number of halogens is 1. The van der Waals surface area contributed by atoms with Crippen LogP contribution in [-0.2, 0) is 0 Å². The second kappa shape index (κ2) is 3.90. The van der Waals surface area contributed by atoms with Gasteiger partial charge in [0, 0.05) is 0 Å². The van der Waals surface area contributed by atoms with Gasteiger partial charge in [-0.2, -0.15) is 0 Å². The number of aliphatic hydroxyl groups excluding tert-OH is 1.